The number of aromatic nitrogens is 1. The number of methoxy groups -OCH3 is 1. The zero-order valence-corrected chi connectivity index (χ0v) is 17.4. The molecule has 0 unspecified atom stereocenters. The number of piperidine rings is 1. The molecule has 0 radical (unpaired) electrons. The summed E-state index contributed by atoms with van der Waals surface area (Å²) in [7, 11) is 1.57. The molecule has 1 aromatic rings. The van der Waals surface area contributed by atoms with Gasteiger partial charge in [0.25, 0.3) is 5.91 Å². The van der Waals surface area contributed by atoms with Gasteiger partial charge in [0.1, 0.15) is 5.69 Å². The van der Waals surface area contributed by atoms with Crippen molar-refractivity contribution in [3.05, 3.63) is 22.0 Å². The zero-order chi connectivity index (χ0) is 18.6. The number of likely N-dealkylation sites (tertiary alicyclic amines) is 1. The quantitative estimate of drug-likeness (QED) is 0.498. The molecule has 1 aromatic heterocycles. The van der Waals surface area contributed by atoms with Crippen LogP contribution in [-0.4, -0.2) is 60.8 Å². The summed E-state index contributed by atoms with van der Waals surface area (Å²) in [6, 6.07) is -0.203. The Balaban J connectivity index is 2.05. The number of carbonyl (C=O) groups excluding carboxylic acids is 2. The highest BCUT2D eigenvalue weighted by Gasteiger charge is 2.34. The normalized spacial score (nSPS) is 20.4. The largest absolute Gasteiger partial charge is 0.450 e. The van der Waals surface area contributed by atoms with Gasteiger partial charge in [-0.2, -0.15) is 0 Å². The van der Waals surface area contributed by atoms with Gasteiger partial charge in [-0.25, -0.2) is 4.79 Å². The third-order valence-corrected chi connectivity index (χ3v) is 5.49. The van der Waals surface area contributed by atoms with E-state index in [1.54, 1.807) is 18.9 Å². The maximum Gasteiger partial charge on any atom is 0.409 e. The van der Waals surface area contributed by atoms with Crippen LogP contribution in [0.2, 0.25) is 5.02 Å². The first-order chi connectivity index (χ1) is 11.9. The molecule has 0 bridgehead atoms. The molecule has 0 saturated carbocycles. The van der Waals surface area contributed by atoms with E-state index in [1.807, 2.05) is 6.92 Å². The first-order valence-electron chi connectivity index (χ1n) is 8.11. The van der Waals surface area contributed by atoms with Crippen molar-refractivity contribution in [2.24, 2.45) is 0 Å². The Morgan fingerprint density at radius 3 is 2.76 bits per heavy atom. The Morgan fingerprint density at radius 2 is 2.20 bits per heavy atom. The van der Waals surface area contributed by atoms with Gasteiger partial charge in [0, 0.05) is 29.3 Å². The van der Waals surface area contributed by atoms with Crippen LogP contribution in [0, 0.1) is 6.92 Å². The minimum absolute atomic E-state index is 0.203. The van der Waals surface area contributed by atoms with Crippen LogP contribution in [0.1, 0.15) is 35.1 Å². The molecule has 140 valence electrons. The number of nitrogens with zero attached hydrogens (tertiary/aromatic N) is 1. The maximum absolute atomic E-state index is 12.6. The predicted octanol–water partition coefficient (Wildman–Crippen LogP) is 2.89. The number of nitrogens with one attached hydrogen (secondary N) is 2. The summed E-state index contributed by atoms with van der Waals surface area (Å²) in [4.78, 5) is 29.1. The highest BCUT2D eigenvalue weighted by molar-refractivity contribution is 14.1. The lowest BCUT2D eigenvalue weighted by Gasteiger charge is -2.37. The molecule has 0 spiro atoms. The fourth-order valence-corrected chi connectivity index (χ4v) is 4.41. The minimum Gasteiger partial charge on any atom is -0.450 e. The van der Waals surface area contributed by atoms with E-state index in [4.69, 9.17) is 21.1 Å². The molecule has 9 heteroatoms. The molecule has 7 nitrogen and oxygen atoms in total. The van der Waals surface area contributed by atoms with Crippen molar-refractivity contribution in [2.75, 3.05) is 26.8 Å². The average molecular weight is 484 g/mol. The summed E-state index contributed by atoms with van der Waals surface area (Å²) in [5, 5.41) is 3.43. The first-order valence-corrected chi connectivity index (χ1v) is 10.0. The summed E-state index contributed by atoms with van der Waals surface area (Å²) < 4.78 is 11.2. The number of rotatable bonds is 5. The minimum atomic E-state index is -0.357. The molecule has 1 aliphatic heterocycles. The lowest BCUT2D eigenvalue weighted by molar-refractivity contribution is 0.00450. The van der Waals surface area contributed by atoms with E-state index in [0.29, 0.717) is 36.8 Å². The van der Waals surface area contributed by atoms with Gasteiger partial charge < -0.3 is 24.7 Å². The number of alkyl halides is 1. The summed E-state index contributed by atoms with van der Waals surface area (Å²) >= 11 is 8.53. The van der Waals surface area contributed by atoms with Gasteiger partial charge >= 0.3 is 6.09 Å². The second-order valence-electron chi connectivity index (χ2n) is 5.84. The van der Waals surface area contributed by atoms with Crippen molar-refractivity contribution in [1.82, 2.24) is 15.2 Å². The van der Waals surface area contributed by atoms with Crippen molar-refractivity contribution in [2.45, 2.75) is 36.8 Å². The summed E-state index contributed by atoms with van der Waals surface area (Å²) in [6.07, 6.45) is -0.0792. The number of hydrogen-bond acceptors (Lipinski definition) is 4. The van der Waals surface area contributed by atoms with Gasteiger partial charge in [0.2, 0.25) is 0 Å². The Kier molecular flexibility index (Phi) is 7.38. The average Bonchev–Trinajstić information content (AvgIpc) is 2.89. The topological polar surface area (TPSA) is 83.7 Å². The van der Waals surface area contributed by atoms with E-state index in [2.05, 4.69) is 32.9 Å². The first kappa shape index (κ1) is 20.3. The molecule has 2 amide bonds. The van der Waals surface area contributed by atoms with Gasteiger partial charge in [-0.15, -0.1) is 0 Å². The second-order valence-corrected chi connectivity index (χ2v) is 6.98. The van der Waals surface area contributed by atoms with Crippen molar-refractivity contribution in [1.29, 1.82) is 0 Å². The van der Waals surface area contributed by atoms with E-state index in [0.717, 1.165) is 15.7 Å². The van der Waals surface area contributed by atoms with Crippen molar-refractivity contribution >= 4 is 46.2 Å². The molecule has 2 heterocycles. The lowest BCUT2D eigenvalue weighted by Crippen LogP contribution is -2.56. The molecule has 1 saturated heterocycles. The van der Waals surface area contributed by atoms with Crippen LogP contribution in [0.25, 0.3) is 0 Å². The van der Waals surface area contributed by atoms with Crippen molar-refractivity contribution < 1.29 is 19.1 Å². The molecule has 2 rings (SSSR count). The fourth-order valence-electron chi connectivity index (χ4n) is 2.89. The third-order valence-electron chi connectivity index (χ3n) is 4.31. The Hall–Kier alpha value is -1.00. The number of halogens is 2. The third kappa shape index (κ3) is 4.59. The Bertz CT molecular complexity index is 637. The molecular weight excluding hydrogens is 461 g/mol. The number of amides is 2. The van der Waals surface area contributed by atoms with Crippen LogP contribution >= 0.6 is 34.2 Å². The summed E-state index contributed by atoms with van der Waals surface area (Å²) in [5.74, 6) is -0.263. The number of H-pyrrole nitrogens is 1. The molecule has 1 aliphatic rings. The second kappa shape index (κ2) is 9.09. The van der Waals surface area contributed by atoms with Gasteiger partial charge in [-0.3, -0.25) is 4.79 Å². The van der Waals surface area contributed by atoms with Gasteiger partial charge in [-0.1, -0.05) is 34.2 Å². The summed E-state index contributed by atoms with van der Waals surface area (Å²) in [6.45, 7) is 4.87. The van der Waals surface area contributed by atoms with E-state index in [9.17, 15) is 9.59 Å². The van der Waals surface area contributed by atoms with Crippen molar-refractivity contribution in [3.8, 4) is 0 Å². The number of aryl methyl sites for hydroxylation is 1. The van der Waals surface area contributed by atoms with Gasteiger partial charge in [0.15, 0.2) is 0 Å². The zero-order valence-electron chi connectivity index (χ0n) is 14.5. The standard InChI is InChI=1S/C16H23ClIN3O4/c1-4-25-16(23)21-6-5-11(12(8-21)24-3)20-15(22)14-13(17)10(7-18)9(2)19-14/h11-12,19H,4-8H2,1-3H3,(H,20,22)/t11-,12+/m0/s1. The van der Waals surface area contributed by atoms with Crippen LogP contribution in [0.15, 0.2) is 0 Å². The monoisotopic (exact) mass is 483 g/mol. The van der Waals surface area contributed by atoms with Crippen LogP contribution in [0.4, 0.5) is 4.79 Å². The molecular formula is C16H23ClIN3O4. The molecule has 0 aromatic carbocycles. The van der Waals surface area contributed by atoms with Crippen LogP contribution < -0.4 is 5.32 Å². The van der Waals surface area contributed by atoms with Crippen LogP contribution in [-0.2, 0) is 13.9 Å². The van der Waals surface area contributed by atoms with Gasteiger partial charge in [-0.05, 0) is 20.3 Å². The Labute approximate surface area is 165 Å². The maximum atomic E-state index is 12.6. The number of aromatic amines is 1. The van der Waals surface area contributed by atoms with Crippen LogP contribution in [0.5, 0.6) is 0 Å². The molecule has 2 atom stereocenters. The smallest absolute Gasteiger partial charge is 0.409 e. The molecule has 2 N–H and O–H groups in total. The molecule has 1 fully saturated rings. The highest BCUT2D eigenvalue weighted by Crippen LogP contribution is 2.27. The van der Waals surface area contributed by atoms with E-state index < -0.39 is 0 Å². The SMILES string of the molecule is CCOC(=O)N1CC[C@H](NC(=O)c2[nH]c(C)c(CI)c2Cl)[C@H](OC)C1. The lowest BCUT2D eigenvalue weighted by atomic mass is 10.0. The number of hydrogen-bond donors (Lipinski definition) is 2. The fraction of sp³-hybridized carbons (Fsp3) is 0.625. The summed E-state index contributed by atoms with van der Waals surface area (Å²) in [5.41, 5.74) is 2.20. The molecule has 0 aliphatic carbocycles. The van der Waals surface area contributed by atoms with Gasteiger partial charge in [0.05, 0.1) is 30.3 Å². The highest BCUT2D eigenvalue weighted by atomic mass is 127. The van der Waals surface area contributed by atoms with E-state index >= 15 is 0 Å². The van der Waals surface area contributed by atoms with Crippen molar-refractivity contribution in [3.63, 3.8) is 0 Å². The van der Waals surface area contributed by atoms with Crippen LogP contribution in [0.3, 0.4) is 0 Å². The number of ether oxygens (including phenoxy) is 2. The number of carbonyl (C=O) groups is 2. The Morgan fingerprint density at radius 1 is 1.48 bits per heavy atom. The predicted molar refractivity (Wildman–Crippen MR) is 104 cm³/mol. The van der Waals surface area contributed by atoms with E-state index in [1.165, 1.54) is 0 Å². The van der Waals surface area contributed by atoms with E-state index in [-0.39, 0.29) is 24.1 Å². The molecule has 25 heavy (non-hydrogen) atoms.